The van der Waals surface area contributed by atoms with Gasteiger partial charge in [0.05, 0.1) is 25.2 Å². The van der Waals surface area contributed by atoms with Crippen LogP contribution in [0.3, 0.4) is 0 Å². The second-order valence-electron chi connectivity index (χ2n) is 5.02. The Morgan fingerprint density at radius 2 is 2.00 bits per heavy atom. The van der Waals surface area contributed by atoms with Gasteiger partial charge < -0.3 is 4.74 Å². The molecular formula is C11H18N2O. The van der Waals surface area contributed by atoms with Crippen molar-refractivity contribution in [3.8, 4) is 6.07 Å². The smallest absolute Gasteiger partial charge is 0.0672 e. The average molecular weight is 194 g/mol. The van der Waals surface area contributed by atoms with Crippen molar-refractivity contribution in [2.45, 2.75) is 26.3 Å². The molecule has 14 heavy (non-hydrogen) atoms. The van der Waals surface area contributed by atoms with E-state index in [1.165, 1.54) is 0 Å². The minimum Gasteiger partial charge on any atom is -0.379 e. The summed E-state index contributed by atoms with van der Waals surface area (Å²) in [4.78, 5) is 2.43. The zero-order chi connectivity index (χ0) is 10.2. The molecule has 0 N–H and O–H groups in total. The Bertz CT molecular complexity index is 251. The Morgan fingerprint density at radius 1 is 1.36 bits per heavy atom. The summed E-state index contributed by atoms with van der Waals surface area (Å²) in [5.41, 5.74) is 0.317. The Morgan fingerprint density at radius 3 is 2.50 bits per heavy atom. The van der Waals surface area contributed by atoms with Crippen molar-refractivity contribution in [2.24, 2.45) is 11.3 Å². The van der Waals surface area contributed by atoms with Crippen molar-refractivity contribution in [3.05, 3.63) is 0 Å². The lowest BCUT2D eigenvalue weighted by Gasteiger charge is -2.54. The van der Waals surface area contributed by atoms with Gasteiger partial charge in [-0.25, -0.2) is 0 Å². The number of nitriles is 1. The van der Waals surface area contributed by atoms with Gasteiger partial charge in [-0.2, -0.15) is 5.26 Å². The third-order valence-electron chi connectivity index (χ3n) is 3.53. The number of hydrogen-bond donors (Lipinski definition) is 0. The molecule has 0 radical (unpaired) electrons. The van der Waals surface area contributed by atoms with Crippen molar-refractivity contribution in [2.75, 3.05) is 26.3 Å². The van der Waals surface area contributed by atoms with Gasteiger partial charge in [-0.3, -0.25) is 4.90 Å². The Balaban J connectivity index is 2.03. The Labute approximate surface area is 85.6 Å². The second-order valence-corrected chi connectivity index (χ2v) is 5.02. The third-order valence-corrected chi connectivity index (χ3v) is 3.53. The summed E-state index contributed by atoms with van der Waals surface area (Å²) in [5, 5.41) is 9.01. The van der Waals surface area contributed by atoms with Gasteiger partial charge in [-0.15, -0.1) is 0 Å². The van der Waals surface area contributed by atoms with E-state index in [2.05, 4.69) is 24.8 Å². The first-order chi connectivity index (χ1) is 6.65. The standard InChI is InChI=1S/C11H18N2O/c1-11(2)7-9(8-12)10(11)13-3-5-14-6-4-13/h9-10H,3-7H2,1-2H3. The first-order valence-corrected chi connectivity index (χ1v) is 5.36. The summed E-state index contributed by atoms with van der Waals surface area (Å²) < 4.78 is 5.33. The van der Waals surface area contributed by atoms with Crippen LogP contribution >= 0.6 is 0 Å². The van der Waals surface area contributed by atoms with Crippen LogP contribution in [0.15, 0.2) is 0 Å². The molecule has 0 aromatic carbocycles. The molecule has 1 aliphatic heterocycles. The lowest BCUT2D eigenvalue weighted by molar-refractivity contribution is -0.0789. The van der Waals surface area contributed by atoms with Gasteiger partial charge in [-0.1, -0.05) is 13.8 Å². The molecule has 78 valence electrons. The minimum atomic E-state index is 0.239. The Hall–Kier alpha value is -0.590. The molecule has 2 rings (SSSR count). The molecule has 0 aromatic rings. The zero-order valence-electron chi connectivity index (χ0n) is 8.99. The molecule has 0 amide bonds. The highest BCUT2D eigenvalue weighted by Crippen LogP contribution is 2.47. The highest BCUT2D eigenvalue weighted by atomic mass is 16.5. The van der Waals surface area contributed by atoms with Gasteiger partial charge in [0.15, 0.2) is 0 Å². The zero-order valence-corrected chi connectivity index (χ0v) is 8.99. The van der Waals surface area contributed by atoms with E-state index in [4.69, 9.17) is 10.00 Å². The number of ether oxygens (including phenoxy) is 1. The van der Waals surface area contributed by atoms with Gasteiger partial charge in [-0.05, 0) is 11.8 Å². The first-order valence-electron chi connectivity index (χ1n) is 5.36. The van der Waals surface area contributed by atoms with Crippen LogP contribution in [0.2, 0.25) is 0 Å². The highest BCUT2D eigenvalue weighted by molar-refractivity contribution is 5.10. The van der Waals surface area contributed by atoms with Crippen LogP contribution in [-0.4, -0.2) is 37.2 Å². The van der Waals surface area contributed by atoms with E-state index in [1.54, 1.807) is 0 Å². The molecule has 2 aliphatic rings. The lowest BCUT2D eigenvalue weighted by Crippen LogP contribution is -2.60. The van der Waals surface area contributed by atoms with Crippen LogP contribution in [0, 0.1) is 22.7 Å². The van der Waals surface area contributed by atoms with Crippen LogP contribution in [0.25, 0.3) is 0 Å². The predicted molar refractivity (Wildman–Crippen MR) is 53.7 cm³/mol. The average Bonchev–Trinajstić information content (AvgIpc) is 2.16. The van der Waals surface area contributed by atoms with E-state index in [9.17, 15) is 0 Å². The van der Waals surface area contributed by atoms with Crippen molar-refractivity contribution < 1.29 is 4.74 Å². The van der Waals surface area contributed by atoms with E-state index < -0.39 is 0 Å². The number of hydrogen-bond acceptors (Lipinski definition) is 3. The molecule has 0 bridgehead atoms. The summed E-state index contributed by atoms with van der Waals surface area (Å²) >= 11 is 0. The number of morpholine rings is 1. The Kier molecular flexibility index (Phi) is 2.50. The molecule has 2 atom stereocenters. The molecule has 2 fully saturated rings. The summed E-state index contributed by atoms with van der Waals surface area (Å²) in [5.74, 6) is 0.239. The largest absolute Gasteiger partial charge is 0.379 e. The van der Waals surface area contributed by atoms with Gasteiger partial charge in [0, 0.05) is 19.1 Å². The third kappa shape index (κ3) is 1.53. The van der Waals surface area contributed by atoms with E-state index in [-0.39, 0.29) is 5.92 Å². The number of rotatable bonds is 1. The van der Waals surface area contributed by atoms with Gasteiger partial charge in [0.1, 0.15) is 0 Å². The van der Waals surface area contributed by atoms with Crippen LogP contribution in [-0.2, 0) is 4.74 Å². The fraction of sp³-hybridized carbons (Fsp3) is 0.909. The first kappa shape index (κ1) is 9.95. The van der Waals surface area contributed by atoms with E-state index in [0.29, 0.717) is 11.5 Å². The summed E-state index contributed by atoms with van der Waals surface area (Å²) in [6.07, 6.45) is 1.05. The maximum Gasteiger partial charge on any atom is 0.0672 e. The van der Waals surface area contributed by atoms with Crippen LogP contribution in [0.5, 0.6) is 0 Å². The lowest BCUT2D eigenvalue weighted by atomic mass is 9.59. The quantitative estimate of drug-likeness (QED) is 0.630. The van der Waals surface area contributed by atoms with E-state index in [0.717, 1.165) is 32.7 Å². The van der Waals surface area contributed by atoms with Crippen molar-refractivity contribution in [1.29, 1.82) is 5.26 Å². The summed E-state index contributed by atoms with van der Waals surface area (Å²) in [7, 11) is 0. The van der Waals surface area contributed by atoms with E-state index in [1.807, 2.05) is 0 Å². The fourth-order valence-electron chi connectivity index (χ4n) is 2.90. The van der Waals surface area contributed by atoms with Gasteiger partial charge >= 0.3 is 0 Å². The number of nitrogens with zero attached hydrogens (tertiary/aromatic N) is 2. The van der Waals surface area contributed by atoms with Crippen LogP contribution < -0.4 is 0 Å². The molecular weight excluding hydrogens is 176 g/mol. The van der Waals surface area contributed by atoms with Crippen molar-refractivity contribution >= 4 is 0 Å². The molecule has 1 saturated heterocycles. The minimum absolute atomic E-state index is 0.239. The molecule has 1 heterocycles. The van der Waals surface area contributed by atoms with Crippen LogP contribution in [0.1, 0.15) is 20.3 Å². The molecule has 2 unspecified atom stereocenters. The topological polar surface area (TPSA) is 36.3 Å². The highest BCUT2D eigenvalue weighted by Gasteiger charge is 2.50. The van der Waals surface area contributed by atoms with Gasteiger partial charge in [0.2, 0.25) is 0 Å². The second kappa shape index (κ2) is 3.52. The SMILES string of the molecule is CC1(C)CC(C#N)C1N1CCOCC1. The molecule has 1 saturated carbocycles. The maximum absolute atomic E-state index is 9.01. The fourth-order valence-corrected chi connectivity index (χ4v) is 2.90. The maximum atomic E-state index is 9.01. The molecule has 3 heteroatoms. The van der Waals surface area contributed by atoms with E-state index >= 15 is 0 Å². The molecule has 1 aliphatic carbocycles. The van der Waals surface area contributed by atoms with Crippen molar-refractivity contribution in [1.82, 2.24) is 4.90 Å². The van der Waals surface area contributed by atoms with Gasteiger partial charge in [0.25, 0.3) is 0 Å². The monoisotopic (exact) mass is 194 g/mol. The van der Waals surface area contributed by atoms with Crippen LogP contribution in [0.4, 0.5) is 0 Å². The van der Waals surface area contributed by atoms with Crippen molar-refractivity contribution in [3.63, 3.8) is 0 Å². The summed E-state index contributed by atoms with van der Waals surface area (Å²) in [6, 6.07) is 2.88. The predicted octanol–water partition coefficient (Wildman–Crippen LogP) is 1.26. The molecule has 0 spiro atoms. The molecule has 0 aromatic heterocycles. The normalized spacial score (nSPS) is 37.2. The molecule has 3 nitrogen and oxygen atoms in total. The summed E-state index contributed by atoms with van der Waals surface area (Å²) in [6.45, 7) is 8.16.